The average molecular weight is 300 g/mol. The highest BCUT2D eigenvalue weighted by atomic mass is 32.1. The molecule has 2 aromatic rings. The van der Waals surface area contributed by atoms with E-state index in [9.17, 15) is 13.2 Å². The van der Waals surface area contributed by atoms with Gasteiger partial charge in [0.05, 0.1) is 0 Å². The maximum atomic E-state index is 12.6. The Hall–Kier alpha value is -1.67. The molecule has 1 aliphatic rings. The van der Waals surface area contributed by atoms with Gasteiger partial charge < -0.3 is 10.2 Å². The molecule has 1 aromatic carbocycles. The summed E-state index contributed by atoms with van der Waals surface area (Å²) >= 11 is 0.773. The largest absolute Gasteiger partial charge is 0.452 e. The summed E-state index contributed by atoms with van der Waals surface area (Å²) in [5, 5.41) is 3.50. The lowest BCUT2D eigenvalue weighted by Crippen LogP contribution is -2.24. The van der Waals surface area contributed by atoms with Gasteiger partial charge >= 0.3 is 6.18 Å². The molecule has 1 aromatic heterocycles. The van der Waals surface area contributed by atoms with Crippen molar-refractivity contribution in [3.8, 4) is 0 Å². The van der Waals surface area contributed by atoms with Crippen molar-refractivity contribution in [3.05, 3.63) is 35.7 Å². The molecule has 4 nitrogen and oxygen atoms in total. The zero-order chi connectivity index (χ0) is 14.2. The van der Waals surface area contributed by atoms with E-state index in [-0.39, 0.29) is 5.13 Å². The molecule has 1 N–H and O–H groups in total. The van der Waals surface area contributed by atoms with E-state index >= 15 is 0 Å². The summed E-state index contributed by atoms with van der Waals surface area (Å²) in [5.41, 5.74) is 1.91. The number of fused-ring (bicyclic) bond motifs is 1. The van der Waals surface area contributed by atoms with Crippen molar-refractivity contribution in [2.75, 3.05) is 18.0 Å². The summed E-state index contributed by atoms with van der Waals surface area (Å²) in [4.78, 5) is 5.41. The fourth-order valence-corrected chi connectivity index (χ4v) is 2.82. The second kappa shape index (κ2) is 5.02. The third-order valence-corrected chi connectivity index (χ3v) is 3.75. The number of rotatable bonds is 1. The van der Waals surface area contributed by atoms with Gasteiger partial charge in [-0.15, -0.1) is 0 Å². The molecular weight excluding hydrogens is 289 g/mol. The minimum Gasteiger partial charge on any atom is -0.315 e. The average Bonchev–Trinajstić information content (AvgIpc) is 2.80. The van der Waals surface area contributed by atoms with Crippen molar-refractivity contribution >= 4 is 22.4 Å². The SMILES string of the molecule is FC(F)(F)c1nsc(N2CCNCc3ccccc32)n1. The third-order valence-electron chi connectivity index (χ3n) is 3.01. The molecule has 0 spiro atoms. The number of hydrogen-bond acceptors (Lipinski definition) is 5. The van der Waals surface area contributed by atoms with Crippen LogP contribution in [0.25, 0.3) is 0 Å². The Morgan fingerprint density at radius 3 is 2.80 bits per heavy atom. The number of alkyl halides is 3. The summed E-state index contributed by atoms with van der Waals surface area (Å²) in [6.07, 6.45) is -4.50. The molecule has 3 rings (SSSR count). The van der Waals surface area contributed by atoms with Gasteiger partial charge in [0.25, 0.3) is 0 Å². The lowest BCUT2D eigenvalue weighted by atomic mass is 10.1. The lowest BCUT2D eigenvalue weighted by molar-refractivity contribution is -0.144. The van der Waals surface area contributed by atoms with Crippen LogP contribution in [0.5, 0.6) is 0 Å². The van der Waals surface area contributed by atoms with Crippen LogP contribution in [-0.2, 0) is 12.7 Å². The standard InChI is InChI=1S/C12H11F3N4S/c13-12(14,15)10-17-11(20-18-10)19-6-5-16-7-8-3-1-2-4-9(8)19/h1-4,16H,5-7H2. The molecule has 0 aliphatic carbocycles. The first-order valence-electron chi connectivity index (χ1n) is 6.03. The van der Waals surface area contributed by atoms with Crippen LogP contribution in [0.15, 0.2) is 24.3 Å². The van der Waals surface area contributed by atoms with Crippen molar-refractivity contribution in [1.29, 1.82) is 0 Å². The molecule has 0 atom stereocenters. The Morgan fingerprint density at radius 1 is 1.25 bits per heavy atom. The number of halogens is 3. The fourth-order valence-electron chi connectivity index (χ4n) is 2.10. The highest BCUT2D eigenvalue weighted by Crippen LogP contribution is 2.34. The van der Waals surface area contributed by atoms with E-state index in [1.165, 1.54) is 0 Å². The normalized spacial score (nSPS) is 15.8. The van der Waals surface area contributed by atoms with Crippen molar-refractivity contribution in [2.45, 2.75) is 12.7 Å². The number of nitrogens with zero attached hydrogens (tertiary/aromatic N) is 3. The lowest BCUT2D eigenvalue weighted by Gasteiger charge is -2.20. The van der Waals surface area contributed by atoms with Crippen LogP contribution in [0.4, 0.5) is 24.0 Å². The van der Waals surface area contributed by atoms with Crippen LogP contribution in [0, 0.1) is 0 Å². The van der Waals surface area contributed by atoms with E-state index < -0.39 is 12.0 Å². The number of benzene rings is 1. The van der Waals surface area contributed by atoms with Crippen LogP contribution >= 0.6 is 11.5 Å². The molecule has 0 amide bonds. The summed E-state index contributed by atoms with van der Waals surface area (Å²) in [6, 6.07) is 7.61. The van der Waals surface area contributed by atoms with Gasteiger partial charge in [0, 0.05) is 36.9 Å². The summed E-state index contributed by atoms with van der Waals surface area (Å²) in [5.74, 6) is -1.08. The van der Waals surface area contributed by atoms with Crippen molar-refractivity contribution in [1.82, 2.24) is 14.7 Å². The first-order valence-corrected chi connectivity index (χ1v) is 6.80. The number of para-hydroxylation sites is 1. The number of nitrogens with one attached hydrogen (secondary N) is 1. The first kappa shape index (κ1) is 13.3. The van der Waals surface area contributed by atoms with Crippen molar-refractivity contribution in [2.24, 2.45) is 0 Å². The minimum atomic E-state index is -4.50. The van der Waals surface area contributed by atoms with Crippen LogP contribution in [0.1, 0.15) is 11.4 Å². The Kier molecular flexibility index (Phi) is 3.35. The van der Waals surface area contributed by atoms with Gasteiger partial charge in [-0.05, 0) is 11.6 Å². The highest BCUT2D eigenvalue weighted by molar-refractivity contribution is 7.09. The molecular formula is C12H11F3N4S. The van der Waals surface area contributed by atoms with Gasteiger partial charge in [-0.1, -0.05) is 18.2 Å². The molecule has 0 fully saturated rings. The quantitative estimate of drug-likeness (QED) is 0.879. The number of aromatic nitrogens is 2. The van der Waals surface area contributed by atoms with Crippen LogP contribution in [-0.4, -0.2) is 22.4 Å². The van der Waals surface area contributed by atoms with E-state index in [1.54, 1.807) is 4.90 Å². The molecule has 0 saturated heterocycles. The molecule has 1 aliphatic heterocycles. The Bertz CT molecular complexity index is 611. The second-order valence-electron chi connectivity index (χ2n) is 4.36. The topological polar surface area (TPSA) is 41.1 Å². The molecule has 8 heteroatoms. The monoisotopic (exact) mass is 300 g/mol. The third kappa shape index (κ3) is 2.48. The zero-order valence-corrected chi connectivity index (χ0v) is 11.1. The van der Waals surface area contributed by atoms with Gasteiger partial charge in [-0.25, -0.2) is 0 Å². The van der Waals surface area contributed by atoms with Gasteiger partial charge in [0.15, 0.2) is 0 Å². The molecule has 0 bridgehead atoms. The molecule has 0 radical (unpaired) electrons. The Balaban J connectivity index is 1.99. The molecule has 0 unspecified atom stereocenters. The fraction of sp³-hybridized carbons (Fsp3) is 0.333. The minimum absolute atomic E-state index is 0.272. The van der Waals surface area contributed by atoms with Gasteiger partial charge in [0.2, 0.25) is 11.0 Å². The highest BCUT2D eigenvalue weighted by Gasteiger charge is 2.37. The van der Waals surface area contributed by atoms with Crippen LogP contribution < -0.4 is 10.2 Å². The van der Waals surface area contributed by atoms with Gasteiger partial charge in [0.1, 0.15) is 0 Å². The maximum absolute atomic E-state index is 12.6. The van der Waals surface area contributed by atoms with E-state index in [4.69, 9.17) is 0 Å². The van der Waals surface area contributed by atoms with Crippen molar-refractivity contribution in [3.63, 3.8) is 0 Å². The van der Waals surface area contributed by atoms with E-state index in [1.807, 2.05) is 24.3 Å². The van der Waals surface area contributed by atoms with E-state index in [0.717, 1.165) is 22.8 Å². The molecule has 20 heavy (non-hydrogen) atoms. The molecule has 2 heterocycles. The van der Waals surface area contributed by atoms with Gasteiger partial charge in [-0.3, -0.25) is 0 Å². The molecule has 0 saturated carbocycles. The Labute approximate surface area is 117 Å². The summed E-state index contributed by atoms with van der Waals surface area (Å²) in [7, 11) is 0. The summed E-state index contributed by atoms with van der Waals surface area (Å²) < 4.78 is 41.2. The summed E-state index contributed by atoms with van der Waals surface area (Å²) in [6.45, 7) is 1.93. The zero-order valence-electron chi connectivity index (χ0n) is 10.3. The molecule has 106 valence electrons. The van der Waals surface area contributed by atoms with Crippen molar-refractivity contribution < 1.29 is 13.2 Å². The van der Waals surface area contributed by atoms with E-state index in [2.05, 4.69) is 14.7 Å². The van der Waals surface area contributed by atoms with Gasteiger partial charge in [-0.2, -0.15) is 22.5 Å². The number of hydrogen-bond donors (Lipinski definition) is 1. The first-order chi connectivity index (χ1) is 9.55. The van der Waals surface area contributed by atoms with Crippen LogP contribution in [0.2, 0.25) is 0 Å². The van der Waals surface area contributed by atoms with E-state index in [0.29, 0.717) is 19.6 Å². The predicted molar refractivity (Wildman–Crippen MR) is 70.1 cm³/mol. The maximum Gasteiger partial charge on any atom is 0.452 e. The second-order valence-corrected chi connectivity index (χ2v) is 5.09. The Morgan fingerprint density at radius 2 is 2.05 bits per heavy atom. The smallest absolute Gasteiger partial charge is 0.315 e. The number of anilines is 2. The van der Waals surface area contributed by atoms with Crippen LogP contribution in [0.3, 0.4) is 0 Å². The predicted octanol–water partition coefficient (Wildman–Crippen LogP) is 2.80.